The molecular formula is C22H17BrCl2N2O4. The first-order valence-corrected chi connectivity index (χ1v) is 10.5. The van der Waals surface area contributed by atoms with Crippen molar-refractivity contribution in [1.82, 2.24) is 5.43 Å². The second kappa shape index (κ2) is 10.5. The largest absolute Gasteiger partial charge is 0.507 e. The van der Waals surface area contributed by atoms with Crippen molar-refractivity contribution >= 4 is 51.3 Å². The second-order valence-corrected chi connectivity index (χ2v) is 8.04. The Hall–Kier alpha value is -2.74. The van der Waals surface area contributed by atoms with E-state index in [1.807, 2.05) is 6.07 Å². The lowest BCUT2D eigenvalue weighted by Gasteiger charge is -2.12. The number of rotatable bonds is 7. The molecule has 0 saturated carbocycles. The van der Waals surface area contributed by atoms with Crippen LogP contribution in [0.4, 0.5) is 0 Å². The molecule has 3 aromatic rings. The minimum absolute atomic E-state index is 0.107. The highest BCUT2D eigenvalue weighted by atomic mass is 79.9. The topological polar surface area (TPSA) is 80.2 Å². The second-order valence-electron chi connectivity index (χ2n) is 6.31. The number of phenols is 1. The summed E-state index contributed by atoms with van der Waals surface area (Å²) in [6.07, 6.45) is 1.46. The average Bonchev–Trinajstić information content (AvgIpc) is 2.76. The van der Waals surface area contributed by atoms with E-state index in [-0.39, 0.29) is 17.9 Å². The number of aromatic hydroxyl groups is 1. The zero-order valence-corrected chi connectivity index (χ0v) is 19.3. The van der Waals surface area contributed by atoms with Crippen molar-refractivity contribution in [1.29, 1.82) is 0 Å². The first-order chi connectivity index (χ1) is 14.9. The third-order valence-corrected chi connectivity index (χ3v) is 5.38. The average molecular weight is 524 g/mol. The van der Waals surface area contributed by atoms with Crippen molar-refractivity contribution in [3.8, 4) is 17.2 Å². The zero-order valence-electron chi connectivity index (χ0n) is 16.2. The maximum absolute atomic E-state index is 12.2. The molecule has 0 aromatic heterocycles. The first kappa shape index (κ1) is 22.9. The molecule has 0 radical (unpaired) electrons. The Balaban J connectivity index is 1.65. The van der Waals surface area contributed by atoms with Gasteiger partial charge in [-0.3, -0.25) is 4.79 Å². The van der Waals surface area contributed by atoms with Gasteiger partial charge >= 0.3 is 0 Å². The number of halogens is 3. The summed E-state index contributed by atoms with van der Waals surface area (Å²) in [5.41, 5.74) is 4.02. The number of hydrogen-bond donors (Lipinski definition) is 2. The van der Waals surface area contributed by atoms with E-state index in [1.165, 1.54) is 25.5 Å². The summed E-state index contributed by atoms with van der Waals surface area (Å²) >= 11 is 15.2. The van der Waals surface area contributed by atoms with Crippen LogP contribution in [0.15, 0.2) is 64.2 Å². The zero-order chi connectivity index (χ0) is 22.4. The maximum Gasteiger partial charge on any atom is 0.275 e. The highest BCUT2D eigenvalue weighted by Gasteiger charge is 2.11. The molecule has 0 atom stereocenters. The fourth-order valence-corrected chi connectivity index (χ4v) is 3.27. The molecule has 2 N–H and O–H groups in total. The van der Waals surface area contributed by atoms with Crippen LogP contribution in [0.25, 0.3) is 0 Å². The van der Waals surface area contributed by atoms with Gasteiger partial charge in [0.05, 0.1) is 28.9 Å². The smallest absolute Gasteiger partial charge is 0.275 e. The fraction of sp³-hybridized carbons (Fsp3) is 0.0909. The number of ether oxygens (including phenoxy) is 2. The van der Waals surface area contributed by atoms with Gasteiger partial charge in [-0.25, -0.2) is 5.43 Å². The number of methoxy groups -OCH3 is 1. The Morgan fingerprint density at radius 1 is 1.10 bits per heavy atom. The molecule has 6 nitrogen and oxygen atoms in total. The molecule has 3 aromatic carbocycles. The molecule has 3 rings (SSSR count). The van der Waals surface area contributed by atoms with Gasteiger partial charge in [-0.15, -0.1) is 0 Å². The number of benzene rings is 3. The summed E-state index contributed by atoms with van der Waals surface area (Å²) in [6, 6.07) is 15.0. The summed E-state index contributed by atoms with van der Waals surface area (Å²) in [7, 11) is 1.53. The summed E-state index contributed by atoms with van der Waals surface area (Å²) in [6.45, 7) is 0.285. The molecule has 0 aliphatic carbocycles. The number of hydrazone groups is 1. The molecule has 0 aliphatic rings. The van der Waals surface area contributed by atoms with Gasteiger partial charge in [0.1, 0.15) is 12.4 Å². The predicted molar refractivity (Wildman–Crippen MR) is 125 cm³/mol. The molecule has 31 heavy (non-hydrogen) atoms. The summed E-state index contributed by atoms with van der Waals surface area (Å²) in [4.78, 5) is 12.2. The number of phenolic OH excluding ortho intramolecular Hbond substituents is 1. The maximum atomic E-state index is 12.2. The van der Waals surface area contributed by atoms with Crippen molar-refractivity contribution in [3.63, 3.8) is 0 Å². The van der Waals surface area contributed by atoms with Gasteiger partial charge in [-0.05, 0) is 59.7 Å². The first-order valence-electron chi connectivity index (χ1n) is 8.94. The van der Waals surface area contributed by atoms with Crippen LogP contribution in [0, 0.1) is 0 Å². The van der Waals surface area contributed by atoms with Gasteiger partial charge in [-0.1, -0.05) is 45.2 Å². The van der Waals surface area contributed by atoms with Gasteiger partial charge in [-0.2, -0.15) is 5.10 Å². The van der Waals surface area contributed by atoms with E-state index in [1.54, 1.807) is 36.4 Å². The van der Waals surface area contributed by atoms with E-state index in [4.69, 9.17) is 32.7 Å². The third-order valence-electron chi connectivity index (χ3n) is 4.15. The van der Waals surface area contributed by atoms with Gasteiger partial charge in [0, 0.05) is 4.47 Å². The minimum Gasteiger partial charge on any atom is -0.507 e. The van der Waals surface area contributed by atoms with E-state index < -0.39 is 5.91 Å². The van der Waals surface area contributed by atoms with E-state index in [9.17, 15) is 9.90 Å². The van der Waals surface area contributed by atoms with Crippen LogP contribution in [0.2, 0.25) is 10.0 Å². The summed E-state index contributed by atoms with van der Waals surface area (Å²) in [5, 5.41) is 14.7. The highest BCUT2D eigenvalue weighted by molar-refractivity contribution is 9.10. The molecule has 0 saturated heterocycles. The van der Waals surface area contributed by atoms with E-state index in [0.29, 0.717) is 31.6 Å². The fourth-order valence-electron chi connectivity index (χ4n) is 2.59. The molecule has 0 bridgehead atoms. The van der Waals surface area contributed by atoms with Crippen molar-refractivity contribution < 1.29 is 19.4 Å². The normalized spacial score (nSPS) is 10.8. The van der Waals surface area contributed by atoms with Crippen LogP contribution in [0.5, 0.6) is 17.2 Å². The Bertz CT molecular complexity index is 1140. The van der Waals surface area contributed by atoms with Crippen molar-refractivity contribution in [2.45, 2.75) is 6.61 Å². The summed E-state index contributed by atoms with van der Waals surface area (Å²) in [5.74, 6) is 0.360. The lowest BCUT2D eigenvalue weighted by molar-refractivity contribution is 0.0952. The number of nitrogens with one attached hydrogen (secondary N) is 1. The standard InChI is InChI=1S/C22H17BrCl2N2O4/c1-30-21-9-13(11-26-27-22(29)16-10-15(23)4-6-19(16)28)3-7-20(21)31-12-14-2-5-17(24)18(25)8-14/h2-11,28H,12H2,1H3,(H,27,29). The van der Waals surface area contributed by atoms with Crippen molar-refractivity contribution in [2.24, 2.45) is 5.10 Å². The molecule has 0 heterocycles. The van der Waals surface area contributed by atoms with Gasteiger partial charge < -0.3 is 14.6 Å². The van der Waals surface area contributed by atoms with Crippen LogP contribution >= 0.6 is 39.1 Å². The summed E-state index contributed by atoms with van der Waals surface area (Å²) < 4.78 is 11.9. The van der Waals surface area contributed by atoms with Gasteiger partial charge in [0.25, 0.3) is 5.91 Å². The van der Waals surface area contributed by atoms with Crippen LogP contribution in [0.3, 0.4) is 0 Å². The number of carbonyl (C=O) groups is 1. The number of carbonyl (C=O) groups excluding carboxylic acids is 1. The Morgan fingerprint density at radius 3 is 2.65 bits per heavy atom. The molecule has 0 fully saturated rings. The third kappa shape index (κ3) is 6.13. The quantitative estimate of drug-likeness (QED) is 0.302. The van der Waals surface area contributed by atoms with Crippen LogP contribution in [0.1, 0.15) is 21.5 Å². The lowest BCUT2D eigenvalue weighted by Crippen LogP contribution is -2.17. The molecule has 9 heteroatoms. The monoisotopic (exact) mass is 522 g/mol. The Kier molecular flexibility index (Phi) is 7.79. The molecule has 0 aliphatic heterocycles. The Morgan fingerprint density at radius 2 is 1.90 bits per heavy atom. The van der Waals surface area contributed by atoms with E-state index in [2.05, 4.69) is 26.5 Å². The Labute approximate surface area is 197 Å². The van der Waals surface area contributed by atoms with Gasteiger partial charge in [0.2, 0.25) is 0 Å². The molecule has 0 unspecified atom stereocenters. The number of hydrogen-bond acceptors (Lipinski definition) is 5. The van der Waals surface area contributed by atoms with Crippen LogP contribution in [-0.4, -0.2) is 24.3 Å². The molecule has 1 amide bonds. The van der Waals surface area contributed by atoms with E-state index >= 15 is 0 Å². The van der Waals surface area contributed by atoms with Crippen molar-refractivity contribution in [2.75, 3.05) is 7.11 Å². The predicted octanol–water partition coefficient (Wildman–Crippen LogP) is 5.81. The van der Waals surface area contributed by atoms with Crippen LogP contribution < -0.4 is 14.9 Å². The van der Waals surface area contributed by atoms with Crippen molar-refractivity contribution in [3.05, 3.63) is 85.8 Å². The van der Waals surface area contributed by atoms with Crippen LogP contribution in [-0.2, 0) is 6.61 Å². The molecular weight excluding hydrogens is 507 g/mol. The highest BCUT2D eigenvalue weighted by Crippen LogP contribution is 2.29. The van der Waals surface area contributed by atoms with Gasteiger partial charge in [0.15, 0.2) is 11.5 Å². The molecule has 0 spiro atoms. The SMILES string of the molecule is COc1cc(C=NNC(=O)c2cc(Br)ccc2O)ccc1OCc1ccc(Cl)c(Cl)c1. The number of amides is 1. The van der Waals surface area contributed by atoms with E-state index in [0.717, 1.165) is 5.56 Å². The lowest BCUT2D eigenvalue weighted by atomic mass is 10.2. The number of nitrogens with zero attached hydrogens (tertiary/aromatic N) is 1. The molecule has 160 valence electrons. The minimum atomic E-state index is -0.538.